The van der Waals surface area contributed by atoms with Crippen LogP contribution in [0.5, 0.6) is 11.5 Å². The zero-order valence-corrected chi connectivity index (χ0v) is 14.0. The first-order valence-electron chi connectivity index (χ1n) is 7.71. The number of carbonyl (C=O) groups is 1. The number of methoxy groups -OCH3 is 1. The van der Waals surface area contributed by atoms with Gasteiger partial charge in [0.1, 0.15) is 11.5 Å². The maximum Gasteiger partial charge on any atom is 0.251 e. The van der Waals surface area contributed by atoms with E-state index in [1.54, 1.807) is 19.2 Å². The van der Waals surface area contributed by atoms with Gasteiger partial charge in [0, 0.05) is 5.56 Å². The molecule has 0 heterocycles. The number of benzene rings is 2. The van der Waals surface area contributed by atoms with Gasteiger partial charge in [-0.05, 0) is 62.7 Å². The highest BCUT2D eigenvalue weighted by molar-refractivity contribution is 5.94. The van der Waals surface area contributed by atoms with Crippen LogP contribution in [0, 0.1) is 0 Å². The van der Waals surface area contributed by atoms with E-state index in [9.17, 15) is 4.79 Å². The van der Waals surface area contributed by atoms with Crippen LogP contribution in [0.25, 0.3) is 0 Å². The molecule has 1 atom stereocenters. The van der Waals surface area contributed by atoms with Crippen LogP contribution in [0.3, 0.4) is 0 Å². The number of carbonyl (C=O) groups excluding carboxylic acids is 1. The van der Waals surface area contributed by atoms with Crippen molar-refractivity contribution in [3.63, 3.8) is 0 Å². The topological polar surface area (TPSA) is 47.6 Å². The van der Waals surface area contributed by atoms with E-state index in [2.05, 4.69) is 5.32 Å². The highest BCUT2D eigenvalue weighted by Gasteiger charge is 2.12. The molecule has 0 aliphatic rings. The summed E-state index contributed by atoms with van der Waals surface area (Å²) in [6.45, 7) is 5.89. The van der Waals surface area contributed by atoms with Gasteiger partial charge in [-0.25, -0.2) is 0 Å². The molecular formula is C19H23NO3. The number of rotatable bonds is 6. The second-order valence-electron chi connectivity index (χ2n) is 5.66. The molecule has 1 amide bonds. The largest absolute Gasteiger partial charge is 0.497 e. The van der Waals surface area contributed by atoms with Crippen molar-refractivity contribution in [2.45, 2.75) is 32.9 Å². The van der Waals surface area contributed by atoms with Crippen LogP contribution >= 0.6 is 0 Å². The lowest BCUT2D eigenvalue weighted by Gasteiger charge is -2.15. The predicted octanol–water partition coefficient (Wildman–Crippen LogP) is 3.97. The van der Waals surface area contributed by atoms with E-state index in [4.69, 9.17) is 9.47 Å². The van der Waals surface area contributed by atoms with E-state index in [-0.39, 0.29) is 18.1 Å². The van der Waals surface area contributed by atoms with E-state index in [1.807, 2.05) is 57.2 Å². The number of nitrogens with one attached hydrogen (secondary N) is 1. The second kappa shape index (κ2) is 7.68. The Bertz CT molecular complexity index is 633. The summed E-state index contributed by atoms with van der Waals surface area (Å²) in [5, 5.41) is 2.99. The molecule has 4 heteroatoms. The molecule has 0 aromatic heterocycles. The van der Waals surface area contributed by atoms with Gasteiger partial charge in [0.05, 0.1) is 19.3 Å². The fourth-order valence-electron chi connectivity index (χ4n) is 2.21. The van der Waals surface area contributed by atoms with Gasteiger partial charge in [0.15, 0.2) is 0 Å². The summed E-state index contributed by atoms with van der Waals surface area (Å²) in [4.78, 5) is 12.3. The van der Waals surface area contributed by atoms with Gasteiger partial charge < -0.3 is 14.8 Å². The molecule has 122 valence electrons. The number of hydrogen-bond acceptors (Lipinski definition) is 3. The summed E-state index contributed by atoms with van der Waals surface area (Å²) in [7, 11) is 1.63. The smallest absolute Gasteiger partial charge is 0.251 e. The molecule has 0 spiro atoms. The summed E-state index contributed by atoms with van der Waals surface area (Å²) in [6.07, 6.45) is 0.116. The van der Waals surface area contributed by atoms with Crippen molar-refractivity contribution < 1.29 is 14.3 Å². The van der Waals surface area contributed by atoms with E-state index >= 15 is 0 Å². The van der Waals surface area contributed by atoms with Gasteiger partial charge >= 0.3 is 0 Å². The van der Waals surface area contributed by atoms with Crippen molar-refractivity contribution >= 4 is 5.91 Å². The molecule has 2 aromatic carbocycles. The monoisotopic (exact) mass is 313 g/mol. The van der Waals surface area contributed by atoms with Crippen LogP contribution in [-0.4, -0.2) is 19.1 Å². The molecule has 4 nitrogen and oxygen atoms in total. The molecule has 0 saturated carbocycles. The van der Waals surface area contributed by atoms with Gasteiger partial charge in [-0.3, -0.25) is 4.79 Å². The number of hydrogen-bond donors (Lipinski definition) is 1. The molecule has 0 aliphatic carbocycles. The van der Waals surface area contributed by atoms with E-state index in [0.717, 1.165) is 17.1 Å². The van der Waals surface area contributed by atoms with Gasteiger partial charge in [0.2, 0.25) is 0 Å². The summed E-state index contributed by atoms with van der Waals surface area (Å²) >= 11 is 0. The minimum atomic E-state index is -0.107. The minimum absolute atomic E-state index is 0.0833. The van der Waals surface area contributed by atoms with Crippen LogP contribution in [0.15, 0.2) is 48.5 Å². The third-order valence-corrected chi connectivity index (χ3v) is 3.45. The Hall–Kier alpha value is -2.49. The summed E-state index contributed by atoms with van der Waals surface area (Å²) < 4.78 is 10.7. The molecule has 0 fully saturated rings. The Morgan fingerprint density at radius 2 is 1.48 bits per heavy atom. The van der Waals surface area contributed by atoms with Gasteiger partial charge in [-0.1, -0.05) is 12.1 Å². The maximum absolute atomic E-state index is 12.3. The minimum Gasteiger partial charge on any atom is -0.497 e. The molecule has 0 bridgehead atoms. The van der Waals surface area contributed by atoms with Gasteiger partial charge in [0.25, 0.3) is 5.91 Å². The first kappa shape index (κ1) is 16.9. The van der Waals surface area contributed by atoms with Crippen molar-refractivity contribution in [1.29, 1.82) is 0 Å². The van der Waals surface area contributed by atoms with Crippen LogP contribution in [0.2, 0.25) is 0 Å². The molecule has 0 unspecified atom stereocenters. The van der Waals surface area contributed by atoms with Crippen molar-refractivity contribution in [3.05, 3.63) is 59.7 Å². The normalized spacial score (nSPS) is 11.9. The highest BCUT2D eigenvalue weighted by atomic mass is 16.5. The SMILES string of the molecule is COc1ccc([C@@H](C)NC(=O)c2ccc(OC(C)C)cc2)cc1. The predicted molar refractivity (Wildman–Crippen MR) is 91.1 cm³/mol. The van der Waals surface area contributed by atoms with E-state index in [1.165, 1.54) is 0 Å². The average Bonchev–Trinajstić information content (AvgIpc) is 2.55. The molecule has 2 aromatic rings. The molecular weight excluding hydrogens is 290 g/mol. The lowest BCUT2D eigenvalue weighted by molar-refractivity contribution is 0.0940. The standard InChI is InChI=1S/C19H23NO3/c1-13(2)23-18-11-7-16(8-12-18)19(21)20-14(3)15-5-9-17(22-4)10-6-15/h5-14H,1-4H3,(H,20,21)/t14-/m1/s1. The second-order valence-corrected chi connectivity index (χ2v) is 5.66. The lowest BCUT2D eigenvalue weighted by atomic mass is 10.1. The molecule has 1 N–H and O–H groups in total. The van der Waals surface area contributed by atoms with Gasteiger partial charge in [-0.15, -0.1) is 0 Å². The summed E-state index contributed by atoms with van der Waals surface area (Å²) in [6, 6.07) is 14.8. The number of amides is 1. The van der Waals surface area contributed by atoms with Crippen LogP contribution in [0.4, 0.5) is 0 Å². The Balaban J connectivity index is 1.99. The lowest BCUT2D eigenvalue weighted by Crippen LogP contribution is -2.26. The molecule has 23 heavy (non-hydrogen) atoms. The fraction of sp³-hybridized carbons (Fsp3) is 0.316. The van der Waals surface area contributed by atoms with E-state index in [0.29, 0.717) is 5.56 Å². The Labute approximate surface area is 137 Å². The molecule has 2 rings (SSSR count). The van der Waals surface area contributed by atoms with Crippen LogP contribution < -0.4 is 14.8 Å². The highest BCUT2D eigenvalue weighted by Crippen LogP contribution is 2.18. The average molecular weight is 313 g/mol. The van der Waals surface area contributed by atoms with Crippen LogP contribution in [0.1, 0.15) is 42.7 Å². The number of ether oxygens (including phenoxy) is 2. The van der Waals surface area contributed by atoms with Crippen molar-refractivity contribution in [3.8, 4) is 11.5 Å². The molecule has 0 radical (unpaired) electrons. The van der Waals surface area contributed by atoms with Crippen molar-refractivity contribution in [1.82, 2.24) is 5.32 Å². The van der Waals surface area contributed by atoms with Crippen molar-refractivity contribution in [2.24, 2.45) is 0 Å². The maximum atomic E-state index is 12.3. The first-order chi connectivity index (χ1) is 11.0. The zero-order chi connectivity index (χ0) is 16.8. The van der Waals surface area contributed by atoms with Crippen LogP contribution in [-0.2, 0) is 0 Å². The third-order valence-electron chi connectivity index (χ3n) is 3.45. The Morgan fingerprint density at radius 1 is 0.913 bits per heavy atom. The van der Waals surface area contributed by atoms with Gasteiger partial charge in [-0.2, -0.15) is 0 Å². The quantitative estimate of drug-likeness (QED) is 0.877. The zero-order valence-electron chi connectivity index (χ0n) is 14.0. The summed E-state index contributed by atoms with van der Waals surface area (Å²) in [5.74, 6) is 1.46. The Morgan fingerprint density at radius 3 is 2.00 bits per heavy atom. The molecule has 0 aliphatic heterocycles. The third kappa shape index (κ3) is 4.74. The fourth-order valence-corrected chi connectivity index (χ4v) is 2.21. The summed E-state index contributed by atoms with van der Waals surface area (Å²) in [5.41, 5.74) is 1.64. The first-order valence-corrected chi connectivity index (χ1v) is 7.71. The Kier molecular flexibility index (Phi) is 5.63. The van der Waals surface area contributed by atoms with E-state index < -0.39 is 0 Å². The van der Waals surface area contributed by atoms with Crippen molar-refractivity contribution in [2.75, 3.05) is 7.11 Å². The molecule has 0 saturated heterocycles.